The van der Waals surface area contributed by atoms with E-state index in [0.717, 1.165) is 5.56 Å². The van der Waals surface area contributed by atoms with Crippen LogP contribution in [0.15, 0.2) is 42.5 Å². The molecule has 0 aliphatic carbocycles. The average molecular weight is 280 g/mol. The summed E-state index contributed by atoms with van der Waals surface area (Å²) in [5, 5.41) is 0.375. The summed E-state index contributed by atoms with van der Waals surface area (Å²) in [5.74, 6) is 0.306. The van der Waals surface area contributed by atoms with E-state index < -0.39 is 0 Å². The van der Waals surface area contributed by atoms with Crippen molar-refractivity contribution >= 4 is 11.6 Å². The lowest BCUT2D eigenvalue weighted by Crippen LogP contribution is -2.05. The minimum atomic E-state index is -0.365. The maximum atomic E-state index is 13.6. The Labute approximate surface area is 117 Å². The minimum Gasteiger partial charge on any atom is -0.489 e. The second-order valence-electron chi connectivity index (χ2n) is 4.39. The monoisotopic (exact) mass is 279 g/mol. The van der Waals surface area contributed by atoms with Gasteiger partial charge in [-0.1, -0.05) is 29.8 Å². The molecule has 0 heterocycles. The van der Waals surface area contributed by atoms with Gasteiger partial charge in [0.1, 0.15) is 18.2 Å². The molecule has 1 unspecified atom stereocenters. The zero-order valence-corrected chi connectivity index (χ0v) is 11.3. The van der Waals surface area contributed by atoms with E-state index in [4.69, 9.17) is 22.1 Å². The number of benzene rings is 2. The van der Waals surface area contributed by atoms with Crippen LogP contribution in [-0.4, -0.2) is 0 Å². The summed E-state index contributed by atoms with van der Waals surface area (Å²) in [4.78, 5) is 0. The van der Waals surface area contributed by atoms with Crippen molar-refractivity contribution in [1.29, 1.82) is 0 Å². The van der Waals surface area contributed by atoms with Crippen molar-refractivity contribution in [2.75, 3.05) is 0 Å². The zero-order chi connectivity index (χ0) is 13.8. The molecule has 2 nitrogen and oxygen atoms in total. The third-order valence-corrected chi connectivity index (χ3v) is 3.03. The molecule has 2 aromatic rings. The van der Waals surface area contributed by atoms with Crippen molar-refractivity contribution in [3.63, 3.8) is 0 Å². The molecule has 0 aliphatic rings. The Morgan fingerprint density at radius 3 is 2.74 bits per heavy atom. The van der Waals surface area contributed by atoms with E-state index in [-0.39, 0.29) is 18.5 Å². The Bertz CT molecular complexity index is 572. The molecule has 4 heteroatoms. The Kier molecular flexibility index (Phi) is 4.40. The molecule has 0 radical (unpaired) electrons. The fraction of sp³-hybridized carbons (Fsp3) is 0.200. The van der Waals surface area contributed by atoms with E-state index in [1.165, 1.54) is 6.07 Å². The van der Waals surface area contributed by atoms with Crippen molar-refractivity contribution in [1.82, 2.24) is 0 Å². The van der Waals surface area contributed by atoms with Crippen LogP contribution in [0, 0.1) is 5.82 Å². The molecule has 1 atom stereocenters. The number of nitrogens with two attached hydrogens (primary N) is 1. The Morgan fingerprint density at radius 2 is 2.05 bits per heavy atom. The van der Waals surface area contributed by atoms with Crippen LogP contribution in [0.25, 0.3) is 0 Å². The van der Waals surface area contributed by atoms with E-state index in [1.54, 1.807) is 12.1 Å². The maximum Gasteiger partial charge on any atom is 0.131 e. The predicted octanol–water partition coefficient (Wildman–Crippen LogP) is 4.08. The second kappa shape index (κ2) is 6.04. The number of ether oxygens (including phenoxy) is 1. The van der Waals surface area contributed by atoms with Crippen LogP contribution in [-0.2, 0) is 6.61 Å². The summed E-state index contributed by atoms with van der Waals surface area (Å²) in [6.07, 6.45) is 0. The molecule has 19 heavy (non-hydrogen) atoms. The summed E-state index contributed by atoms with van der Waals surface area (Å²) in [7, 11) is 0. The molecule has 100 valence electrons. The van der Waals surface area contributed by atoms with Gasteiger partial charge in [-0.15, -0.1) is 0 Å². The van der Waals surface area contributed by atoms with Crippen LogP contribution in [0.2, 0.25) is 5.02 Å². The van der Waals surface area contributed by atoms with Crippen molar-refractivity contribution in [2.24, 2.45) is 5.73 Å². The highest BCUT2D eigenvalue weighted by Gasteiger charge is 2.05. The highest BCUT2D eigenvalue weighted by Crippen LogP contribution is 2.20. The van der Waals surface area contributed by atoms with Gasteiger partial charge in [0, 0.05) is 16.6 Å². The predicted molar refractivity (Wildman–Crippen MR) is 74.8 cm³/mol. The first-order valence-corrected chi connectivity index (χ1v) is 6.36. The van der Waals surface area contributed by atoms with Gasteiger partial charge < -0.3 is 10.5 Å². The molecule has 0 spiro atoms. The zero-order valence-electron chi connectivity index (χ0n) is 10.6. The molecule has 0 aliphatic heterocycles. The molecular formula is C15H15ClFNO. The molecular weight excluding hydrogens is 265 g/mol. The second-order valence-corrected chi connectivity index (χ2v) is 4.82. The summed E-state index contributed by atoms with van der Waals surface area (Å²) in [5.41, 5.74) is 7.25. The van der Waals surface area contributed by atoms with Gasteiger partial charge in [-0.25, -0.2) is 4.39 Å². The van der Waals surface area contributed by atoms with E-state index in [0.29, 0.717) is 16.3 Å². The van der Waals surface area contributed by atoms with Gasteiger partial charge in [-0.05, 0) is 36.8 Å². The van der Waals surface area contributed by atoms with Crippen molar-refractivity contribution < 1.29 is 9.13 Å². The Balaban J connectivity index is 2.08. The fourth-order valence-corrected chi connectivity index (χ4v) is 1.85. The highest BCUT2D eigenvalue weighted by atomic mass is 35.5. The normalized spacial score (nSPS) is 12.2. The number of rotatable bonds is 4. The van der Waals surface area contributed by atoms with Crippen molar-refractivity contribution in [2.45, 2.75) is 19.6 Å². The van der Waals surface area contributed by atoms with Crippen LogP contribution in [0.1, 0.15) is 24.1 Å². The summed E-state index contributed by atoms with van der Waals surface area (Å²) in [6, 6.07) is 12.0. The topological polar surface area (TPSA) is 35.2 Å². The molecule has 0 saturated heterocycles. The average Bonchev–Trinajstić information content (AvgIpc) is 2.38. The lowest BCUT2D eigenvalue weighted by molar-refractivity contribution is 0.299. The van der Waals surface area contributed by atoms with Gasteiger partial charge in [0.15, 0.2) is 0 Å². The molecule has 0 fully saturated rings. The molecule has 0 saturated carbocycles. The molecule has 0 amide bonds. The number of hydrogen-bond acceptors (Lipinski definition) is 2. The van der Waals surface area contributed by atoms with E-state index in [2.05, 4.69) is 0 Å². The van der Waals surface area contributed by atoms with Crippen LogP contribution >= 0.6 is 11.6 Å². The number of halogens is 2. The summed E-state index contributed by atoms with van der Waals surface area (Å²) >= 11 is 5.70. The lowest BCUT2D eigenvalue weighted by atomic mass is 10.1. The van der Waals surface area contributed by atoms with Gasteiger partial charge in [-0.3, -0.25) is 0 Å². The molecule has 0 bridgehead atoms. The highest BCUT2D eigenvalue weighted by molar-refractivity contribution is 6.30. The summed E-state index contributed by atoms with van der Waals surface area (Å²) < 4.78 is 19.1. The van der Waals surface area contributed by atoms with Crippen LogP contribution in [0.3, 0.4) is 0 Å². The van der Waals surface area contributed by atoms with Gasteiger partial charge in [0.25, 0.3) is 0 Å². The van der Waals surface area contributed by atoms with E-state index in [9.17, 15) is 4.39 Å². The van der Waals surface area contributed by atoms with Crippen LogP contribution in [0.4, 0.5) is 4.39 Å². The fourth-order valence-electron chi connectivity index (χ4n) is 1.69. The first-order valence-electron chi connectivity index (χ1n) is 5.98. The van der Waals surface area contributed by atoms with Crippen molar-refractivity contribution in [3.05, 3.63) is 64.4 Å². The Morgan fingerprint density at radius 1 is 1.26 bits per heavy atom. The number of hydrogen-bond donors (Lipinski definition) is 1. The Hall–Kier alpha value is -1.58. The smallest absolute Gasteiger partial charge is 0.131 e. The van der Waals surface area contributed by atoms with E-state index in [1.807, 2.05) is 31.2 Å². The standard InChI is InChI=1S/C15H15ClFNO/c1-10(18)11-3-2-4-14(7-11)19-9-12-5-6-13(16)8-15(12)17/h2-8,10H,9,18H2,1H3. The van der Waals surface area contributed by atoms with Gasteiger partial charge in [0.2, 0.25) is 0 Å². The minimum absolute atomic E-state index is 0.0594. The lowest BCUT2D eigenvalue weighted by Gasteiger charge is -2.10. The van der Waals surface area contributed by atoms with Gasteiger partial charge in [-0.2, -0.15) is 0 Å². The SMILES string of the molecule is CC(N)c1cccc(OCc2ccc(Cl)cc2F)c1. The molecule has 0 aromatic heterocycles. The van der Waals surface area contributed by atoms with Gasteiger partial charge in [0.05, 0.1) is 0 Å². The maximum absolute atomic E-state index is 13.6. The first-order chi connectivity index (χ1) is 9.06. The molecule has 2 aromatic carbocycles. The molecule has 2 rings (SSSR count). The molecule has 2 N–H and O–H groups in total. The van der Waals surface area contributed by atoms with Crippen molar-refractivity contribution in [3.8, 4) is 5.75 Å². The van der Waals surface area contributed by atoms with Gasteiger partial charge >= 0.3 is 0 Å². The third-order valence-electron chi connectivity index (χ3n) is 2.79. The quantitative estimate of drug-likeness (QED) is 0.915. The van der Waals surface area contributed by atoms with Crippen LogP contribution in [0.5, 0.6) is 5.75 Å². The first kappa shape index (κ1) is 13.8. The largest absolute Gasteiger partial charge is 0.489 e. The van der Waals surface area contributed by atoms with Crippen LogP contribution < -0.4 is 10.5 Å². The third kappa shape index (κ3) is 3.69. The summed E-state index contributed by atoms with van der Waals surface area (Å²) in [6.45, 7) is 2.06. The van der Waals surface area contributed by atoms with E-state index >= 15 is 0 Å².